The predicted molar refractivity (Wildman–Crippen MR) is 118 cm³/mol. The molecule has 0 saturated heterocycles. The van der Waals surface area contributed by atoms with E-state index >= 15 is 0 Å². The van der Waals surface area contributed by atoms with Gasteiger partial charge in [0.1, 0.15) is 0 Å². The molecule has 0 N–H and O–H groups in total. The van der Waals surface area contributed by atoms with E-state index in [1.54, 1.807) is 0 Å². The Morgan fingerprint density at radius 3 is 1.52 bits per heavy atom. The Balaban J connectivity index is -0.000000627. The summed E-state index contributed by atoms with van der Waals surface area (Å²) in [5, 5.41) is 0. The van der Waals surface area contributed by atoms with Crippen LogP contribution in [0.5, 0.6) is 0 Å². The van der Waals surface area contributed by atoms with Crippen molar-refractivity contribution < 1.29 is 78.7 Å². The third-order valence-electron chi connectivity index (χ3n) is 3.35. The molecule has 5 heteroatoms. The maximum Gasteiger partial charge on any atom is 0 e. The minimum Gasteiger partial charge on any atom is 0 e. The Morgan fingerprint density at radius 1 is 0.800 bits per heavy atom. The first kappa shape index (κ1) is 32.2. The van der Waals surface area contributed by atoms with Gasteiger partial charge in [0.25, 0.3) is 0 Å². The van der Waals surface area contributed by atoms with Crippen LogP contribution in [0.15, 0.2) is 60.7 Å². The van der Waals surface area contributed by atoms with Crippen LogP contribution in [0.4, 0.5) is 0 Å². The van der Waals surface area contributed by atoms with E-state index in [1.165, 1.54) is 23.0 Å². The number of rotatable bonds is 5. The molecule has 0 nitrogen and oxygen atoms in total. The van der Waals surface area contributed by atoms with Gasteiger partial charge in [-0.1, -0.05) is 46.2 Å². The van der Waals surface area contributed by atoms with Crippen LogP contribution in [-0.2, 0) is 65.4 Å². The Hall–Kier alpha value is 2.58. The summed E-state index contributed by atoms with van der Waals surface area (Å²) in [7, 11) is 0. The standard InChI is InChI=1S/C18H20.C2H6.I3.2Y/c1-3-16(18-12-8-5-9-13-18)14-15(2)17-10-6-4-7-11-17;1-2;1-3-2;;/h4-13H,3,14H2,1-2H3;1-2H3;;;/q-2;;-1;;. The van der Waals surface area contributed by atoms with E-state index in [-0.39, 0.29) is 65.4 Å². The summed E-state index contributed by atoms with van der Waals surface area (Å²) >= 11 is 5.30. The largest absolute Gasteiger partial charge is 0 e. The molecule has 0 spiro atoms. The predicted octanol–water partition coefficient (Wildman–Crippen LogP) is 4.85. The summed E-state index contributed by atoms with van der Waals surface area (Å²) in [5.41, 5.74) is 2.72. The maximum absolute atomic E-state index is 2.39. The molecule has 136 valence electrons. The monoisotopic (exact) mass is 825 g/mol. The van der Waals surface area contributed by atoms with Gasteiger partial charge in [0.2, 0.25) is 0 Å². The molecule has 0 saturated carbocycles. The van der Waals surface area contributed by atoms with Gasteiger partial charge in [-0.3, -0.25) is 0 Å². The summed E-state index contributed by atoms with van der Waals surface area (Å²) < 4.78 is 0. The molecule has 2 aromatic carbocycles. The van der Waals surface area contributed by atoms with E-state index in [0.717, 1.165) is 12.8 Å². The van der Waals surface area contributed by atoms with Crippen LogP contribution in [0, 0.1) is 11.8 Å². The van der Waals surface area contributed by atoms with E-state index in [9.17, 15) is 0 Å². The van der Waals surface area contributed by atoms with Gasteiger partial charge in [-0.05, 0) is 0 Å². The van der Waals surface area contributed by atoms with Crippen molar-refractivity contribution in [1.82, 2.24) is 0 Å². The van der Waals surface area contributed by atoms with Crippen molar-refractivity contribution in [3.63, 3.8) is 0 Å². The fourth-order valence-electron chi connectivity index (χ4n) is 2.25. The molecule has 0 aliphatic rings. The van der Waals surface area contributed by atoms with E-state index in [1.807, 2.05) is 13.8 Å². The van der Waals surface area contributed by atoms with Gasteiger partial charge in [-0.15, -0.1) is 30.7 Å². The zero-order valence-corrected chi connectivity index (χ0v) is 27.6. The summed E-state index contributed by atoms with van der Waals surface area (Å²) in [6.07, 6.45) is 2.17. The SMILES string of the molecule is CC.CC[C-](C[C-](C)c1ccccc1)c1ccccc1.I[I-]I.[Y].[Y]. The van der Waals surface area contributed by atoms with Crippen molar-refractivity contribution in [2.45, 2.75) is 40.5 Å². The van der Waals surface area contributed by atoms with Crippen molar-refractivity contribution in [1.29, 1.82) is 0 Å². The third-order valence-corrected chi connectivity index (χ3v) is 3.35. The van der Waals surface area contributed by atoms with Gasteiger partial charge in [-0.2, -0.15) is 47.2 Å². The van der Waals surface area contributed by atoms with E-state index < -0.39 is 0 Å². The summed E-state index contributed by atoms with van der Waals surface area (Å²) in [4.78, 5) is 0. The number of benzene rings is 2. The molecule has 0 unspecified atom stereocenters. The van der Waals surface area contributed by atoms with Crippen LogP contribution in [-0.4, -0.2) is 0 Å². The first-order valence-electron chi connectivity index (χ1n) is 7.87. The van der Waals surface area contributed by atoms with Crippen LogP contribution >= 0.6 is 37.2 Å². The van der Waals surface area contributed by atoms with Gasteiger partial charge in [-0.25, -0.2) is 0 Å². The quantitative estimate of drug-likeness (QED) is 0.299. The van der Waals surface area contributed by atoms with Gasteiger partial charge in [0.05, 0.1) is 0 Å². The van der Waals surface area contributed by atoms with Crippen molar-refractivity contribution in [3.8, 4) is 0 Å². The van der Waals surface area contributed by atoms with Gasteiger partial charge < -0.3 is 0 Å². The average molecular weight is 825 g/mol. The Labute approximate surface area is 235 Å². The van der Waals surface area contributed by atoms with Crippen molar-refractivity contribution in [2.24, 2.45) is 0 Å². The van der Waals surface area contributed by atoms with Crippen LogP contribution < -0.4 is 13.3 Å². The second-order valence-electron chi connectivity index (χ2n) is 4.70. The Morgan fingerprint density at radius 2 is 1.16 bits per heavy atom. The molecule has 25 heavy (non-hydrogen) atoms. The molecular weight excluding hydrogens is 799 g/mol. The Bertz CT molecular complexity index is 481. The van der Waals surface area contributed by atoms with E-state index in [2.05, 4.69) is 112 Å². The zero-order valence-electron chi connectivity index (χ0n) is 15.5. The van der Waals surface area contributed by atoms with Gasteiger partial charge in [0.15, 0.2) is 0 Å². The second-order valence-corrected chi connectivity index (χ2v) is 20.9. The minimum absolute atomic E-state index is 0. The molecule has 2 rings (SSSR count). The molecule has 2 aromatic rings. The third kappa shape index (κ3) is 15.1. The number of hydrogen-bond acceptors (Lipinski definition) is 0. The molecule has 2 radical (unpaired) electrons. The Kier molecular flexibility index (Phi) is 29.5. The summed E-state index contributed by atoms with van der Waals surface area (Å²) in [5.74, 6) is 2.95. The van der Waals surface area contributed by atoms with Crippen molar-refractivity contribution >= 4 is 37.2 Å². The molecular formula is C20H26I3Y2-3. The molecule has 0 aliphatic heterocycles. The normalized spacial score (nSPS) is 8.40. The maximum atomic E-state index is 2.39. The van der Waals surface area contributed by atoms with Crippen LogP contribution in [0.2, 0.25) is 0 Å². The van der Waals surface area contributed by atoms with Crippen LogP contribution in [0.25, 0.3) is 0 Å². The molecule has 0 heterocycles. The van der Waals surface area contributed by atoms with Crippen molar-refractivity contribution in [3.05, 3.63) is 83.6 Å². The summed E-state index contributed by atoms with van der Waals surface area (Å²) in [6.45, 7) is 8.47. The second kappa shape index (κ2) is 22.9. The van der Waals surface area contributed by atoms with Crippen LogP contribution in [0.3, 0.4) is 0 Å². The topological polar surface area (TPSA) is 0 Å². The molecule has 0 atom stereocenters. The van der Waals surface area contributed by atoms with E-state index in [0.29, 0.717) is 13.3 Å². The summed E-state index contributed by atoms with van der Waals surface area (Å²) in [6, 6.07) is 21.4. The van der Waals surface area contributed by atoms with E-state index in [4.69, 9.17) is 0 Å². The fourth-order valence-corrected chi connectivity index (χ4v) is 2.25. The zero-order chi connectivity index (χ0) is 17.5. The first-order valence-corrected chi connectivity index (χ1v) is 20.4. The molecule has 0 amide bonds. The molecule has 0 aliphatic carbocycles. The van der Waals surface area contributed by atoms with Gasteiger partial charge >= 0.3 is 50.5 Å². The minimum atomic E-state index is 0. The van der Waals surface area contributed by atoms with Crippen LogP contribution in [0.1, 0.15) is 51.7 Å². The molecule has 0 fully saturated rings. The first-order chi connectivity index (χ1) is 11.2. The number of hydrogen-bond donors (Lipinski definition) is 0. The molecule has 0 aromatic heterocycles. The fraction of sp³-hybridized carbons (Fsp3) is 0.300. The molecule has 0 bridgehead atoms. The average Bonchev–Trinajstić information content (AvgIpc) is 2.63. The van der Waals surface area contributed by atoms with Gasteiger partial charge in [0, 0.05) is 65.4 Å². The van der Waals surface area contributed by atoms with Crippen molar-refractivity contribution in [2.75, 3.05) is 0 Å². The smallest absolute Gasteiger partial charge is 0 e. The number of halogens is 3.